The lowest BCUT2D eigenvalue weighted by molar-refractivity contribution is -0.143. The fourth-order valence-electron chi connectivity index (χ4n) is 2.40. The van der Waals surface area contributed by atoms with Crippen LogP contribution in [0.25, 0.3) is 0 Å². The largest absolute Gasteiger partial charge is 0.502 e. The van der Waals surface area contributed by atoms with Crippen molar-refractivity contribution in [1.82, 2.24) is 9.88 Å². The van der Waals surface area contributed by atoms with Crippen molar-refractivity contribution in [2.45, 2.75) is 19.5 Å². The van der Waals surface area contributed by atoms with E-state index in [1.54, 1.807) is 6.07 Å². The second-order valence-electron chi connectivity index (χ2n) is 5.88. The maximum absolute atomic E-state index is 13.0. The van der Waals surface area contributed by atoms with Crippen LogP contribution in [0.15, 0.2) is 35.1 Å². The normalized spacial score (nSPS) is 11.3. The summed E-state index contributed by atoms with van der Waals surface area (Å²) in [6.45, 7) is 2.26. The fourth-order valence-corrected chi connectivity index (χ4v) is 2.40. The molecule has 0 aliphatic rings. The SMILES string of the molecule is Cc1ccccc1OCCCNC(=O)c1cc(C(F)(F)F)n(C)c(=O)c1O. The summed E-state index contributed by atoms with van der Waals surface area (Å²) in [7, 11) is 0.871. The van der Waals surface area contributed by atoms with Crippen LogP contribution in [0.3, 0.4) is 0 Å². The van der Waals surface area contributed by atoms with Gasteiger partial charge >= 0.3 is 6.18 Å². The van der Waals surface area contributed by atoms with Gasteiger partial charge in [-0.25, -0.2) is 0 Å². The summed E-state index contributed by atoms with van der Waals surface area (Å²) in [6, 6.07) is 7.82. The van der Waals surface area contributed by atoms with Crippen LogP contribution in [0.5, 0.6) is 11.5 Å². The molecule has 1 aromatic heterocycles. The molecule has 1 aromatic carbocycles. The molecule has 2 N–H and O–H groups in total. The number of hydrogen-bond acceptors (Lipinski definition) is 4. The fraction of sp³-hybridized carbons (Fsp3) is 0.333. The number of alkyl halides is 3. The molecule has 0 fully saturated rings. The van der Waals surface area contributed by atoms with Gasteiger partial charge in [-0.3, -0.25) is 9.59 Å². The highest BCUT2D eigenvalue weighted by Crippen LogP contribution is 2.30. The van der Waals surface area contributed by atoms with Crippen molar-refractivity contribution in [3.63, 3.8) is 0 Å². The van der Waals surface area contributed by atoms with Crippen molar-refractivity contribution in [1.29, 1.82) is 0 Å². The molecule has 0 saturated carbocycles. The highest BCUT2D eigenvalue weighted by Gasteiger charge is 2.36. The molecule has 9 heteroatoms. The van der Waals surface area contributed by atoms with E-state index in [1.807, 2.05) is 25.1 Å². The maximum Gasteiger partial charge on any atom is 0.431 e. The number of amides is 1. The number of benzene rings is 1. The van der Waals surface area contributed by atoms with Gasteiger partial charge in [-0.05, 0) is 31.0 Å². The number of aromatic hydroxyl groups is 1. The maximum atomic E-state index is 13.0. The number of rotatable bonds is 6. The molecule has 0 spiro atoms. The molecular formula is C18H19F3N2O4. The highest BCUT2D eigenvalue weighted by molar-refractivity contribution is 5.96. The molecule has 146 valence electrons. The minimum absolute atomic E-state index is 0.0979. The number of hydrogen-bond donors (Lipinski definition) is 2. The van der Waals surface area contributed by atoms with Gasteiger partial charge in [0.2, 0.25) is 0 Å². The van der Waals surface area contributed by atoms with Gasteiger partial charge in [0.15, 0.2) is 5.75 Å². The Hall–Kier alpha value is -2.97. The zero-order valence-corrected chi connectivity index (χ0v) is 14.8. The molecule has 27 heavy (non-hydrogen) atoms. The molecule has 0 unspecified atom stereocenters. The first-order valence-corrected chi connectivity index (χ1v) is 8.09. The van der Waals surface area contributed by atoms with Crippen molar-refractivity contribution >= 4 is 5.91 Å². The van der Waals surface area contributed by atoms with Crippen LogP contribution in [0.2, 0.25) is 0 Å². The van der Waals surface area contributed by atoms with Crippen LogP contribution in [-0.4, -0.2) is 28.7 Å². The van der Waals surface area contributed by atoms with E-state index in [9.17, 15) is 27.9 Å². The van der Waals surface area contributed by atoms with Gasteiger partial charge in [-0.15, -0.1) is 0 Å². The average molecular weight is 384 g/mol. The van der Waals surface area contributed by atoms with Gasteiger partial charge in [-0.2, -0.15) is 13.2 Å². The smallest absolute Gasteiger partial charge is 0.431 e. The van der Waals surface area contributed by atoms with Crippen LogP contribution in [0, 0.1) is 6.92 Å². The number of nitrogens with one attached hydrogen (secondary N) is 1. The van der Waals surface area contributed by atoms with E-state index in [1.165, 1.54) is 0 Å². The molecule has 6 nitrogen and oxygen atoms in total. The molecule has 0 bridgehead atoms. The summed E-state index contributed by atoms with van der Waals surface area (Å²) in [5.74, 6) is -1.30. The number of aryl methyl sites for hydroxylation is 1. The summed E-state index contributed by atoms with van der Waals surface area (Å²) in [5, 5.41) is 12.1. The first-order chi connectivity index (χ1) is 12.6. The molecule has 2 rings (SSSR count). The van der Waals surface area contributed by atoms with Gasteiger partial charge < -0.3 is 19.7 Å². The zero-order valence-electron chi connectivity index (χ0n) is 14.8. The molecule has 0 atom stereocenters. The van der Waals surface area contributed by atoms with Crippen molar-refractivity contribution < 1.29 is 27.8 Å². The third-order valence-corrected chi connectivity index (χ3v) is 3.90. The Labute approximate surface area is 153 Å². The average Bonchev–Trinajstić information content (AvgIpc) is 2.59. The van der Waals surface area contributed by atoms with Crippen LogP contribution < -0.4 is 15.6 Å². The highest BCUT2D eigenvalue weighted by atomic mass is 19.4. The summed E-state index contributed by atoms with van der Waals surface area (Å²) < 4.78 is 44.7. The summed E-state index contributed by atoms with van der Waals surface area (Å²) >= 11 is 0. The predicted octanol–water partition coefficient (Wildman–Crippen LogP) is 2.62. The zero-order chi connectivity index (χ0) is 20.2. The Balaban J connectivity index is 1.99. The number of aromatic nitrogens is 1. The van der Waals surface area contributed by atoms with Gasteiger partial charge in [0.25, 0.3) is 11.5 Å². The van der Waals surface area contributed by atoms with Crippen LogP contribution in [0.4, 0.5) is 13.2 Å². The Morgan fingerprint density at radius 1 is 1.30 bits per heavy atom. The lowest BCUT2D eigenvalue weighted by atomic mass is 10.1. The van der Waals surface area contributed by atoms with E-state index in [0.29, 0.717) is 18.2 Å². The molecule has 0 aliphatic heterocycles. The number of ether oxygens (including phenoxy) is 1. The summed E-state index contributed by atoms with van der Waals surface area (Å²) in [6.07, 6.45) is -4.45. The Kier molecular flexibility index (Phi) is 6.14. The van der Waals surface area contributed by atoms with Gasteiger partial charge in [-0.1, -0.05) is 18.2 Å². The van der Waals surface area contributed by atoms with Gasteiger partial charge in [0.1, 0.15) is 11.4 Å². The van der Waals surface area contributed by atoms with Crippen LogP contribution >= 0.6 is 0 Å². The third kappa shape index (κ3) is 4.81. The Morgan fingerprint density at radius 2 is 1.96 bits per heavy atom. The van der Waals surface area contributed by atoms with Gasteiger partial charge in [0.05, 0.1) is 12.2 Å². The Bertz CT molecular complexity index is 891. The lowest BCUT2D eigenvalue weighted by Crippen LogP contribution is -2.31. The quantitative estimate of drug-likeness (QED) is 0.751. The van der Waals surface area contributed by atoms with E-state index >= 15 is 0 Å². The van der Waals surface area contributed by atoms with Crippen molar-refractivity contribution in [3.05, 3.63) is 57.5 Å². The second-order valence-corrected chi connectivity index (χ2v) is 5.88. The first kappa shape index (κ1) is 20.3. The molecule has 1 amide bonds. The van der Waals surface area contributed by atoms with Crippen molar-refractivity contribution in [3.8, 4) is 11.5 Å². The van der Waals surface area contributed by atoms with Crippen LogP contribution in [-0.2, 0) is 13.2 Å². The minimum atomic E-state index is -4.84. The minimum Gasteiger partial charge on any atom is -0.502 e. The van der Waals surface area contributed by atoms with E-state index < -0.39 is 34.6 Å². The first-order valence-electron chi connectivity index (χ1n) is 8.09. The van der Waals surface area contributed by atoms with Crippen LogP contribution in [0.1, 0.15) is 28.0 Å². The van der Waals surface area contributed by atoms with E-state index in [0.717, 1.165) is 12.6 Å². The van der Waals surface area contributed by atoms with Crippen molar-refractivity contribution in [2.75, 3.05) is 13.2 Å². The van der Waals surface area contributed by atoms with Crippen molar-refractivity contribution in [2.24, 2.45) is 7.05 Å². The number of pyridine rings is 1. The number of halogens is 3. The number of carbonyl (C=O) groups excluding carboxylic acids is 1. The second kappa shape index (κ2) is 8.15. The summed E-state index contributed by atoms with van der Waals surface area (Å²) in [5.41, 5.74) is -2.38. The van der Waals surface area contributed by atoms with E-state index in [2.05, 4.69) is 5.32 Å². The lowest BCUT2D eigenvalue weighted by Gasteiger charge is -2.14. The van der Waals surface area contributed by atoms with E-state index in [4.69, 9.17) is 4.74 Å². The van der Waals surface area contributed by atoms with E-state index in [-0.39, 0.29) is 17.7 Å². The molecule has 1 heterocycles. The predicted molar refractivity (Wildman–Crippen MR) is 92.0 cm³/mol. The van der Waals surface area contributed by atoms with Gasteiger partial charge in [0, 0.05) is 13.6 Å². The monoisotopic (exact) mass is 384 g/mol. The molecule has 0 aliphatic carbocycles. The number of para-hydroxylation sites is 1. The molecular weight excluding hydrogens is 365 g/mol. The number of nitrogens with zero attached hydrogens (tertiary/aromatic N) is 1. The molecule has 0 radical (unpaired) electrons. The Morgan fingerprint density at radius 3 is 2.59 bits per heavy atom. The number of carbonyl (C=O) groups is 1. The molecule has 0 saturated heterocycles. The topological polar surface area (TPSA) is 80.6 Å². The summed E-state index contributed by atoms with van der Waals surface area (Å²) in [4.78, 5) is 23.8. The third-order valence-electron chi connectivity index (χ3n) is 3.90. The standard InChI is InChI=1S/C18H19F3N2O4/c1-11-6-3-4-7-13(11)27-9-5-8-22-16(25)12-10-14(18(19,20)21)23(2)17(26)15(12)24/h3-4,6-7,10,24H,5,8-9H2,1-2H3,(H,22,25). The molecule has 2 aromatic rings.